The van der Waals surface area contributed by atoms with Gasteiger partial charge < -0.3 is 36.5 Å². The predicted octanol–water partition coefficient (Wildman–Crippen LogP) is 4.05. The molecule has 0 radical (unpaired) electrons. The molecule has 0 aromatic rings. The van der Waals surface area contributed by atoms with Gasteiger partial charge in [0, 0.05) is 6.61 Å². The van der Waals surface area contributed by atoms with Crippen LogP contribution in [-0.4, -0.2) is 103 Å². The third-order valence-corrected chi connectivity index (χ3v) is 24.3. The molecule has 0 aliphatic rings. The van der Waals surface area contributed by atoms with Crippen molar-refractivity contribution in [1.82, 2.24) is 0 Å². The summed E-state index contributed by atoms with van der Waals surface area (Å²) in [6, 6.07) is 1.83. The first-order valence-electron chi connectivity index (χ1n) is 13.3. The standard InChI is InChI=1S/C22H56O10Si5/c1-21(24)19-28-27-15-13-17-34(4,5)30-36(8,9)32-37(10,11)31-35(6,7)29-33(2,3)16-12-14-26-20-22(25)18-23/h21-25H,12-20H2,1-11H3. The molecular weight excluding hydrogens is 565 g/mol. The van der Waals surface area contributed by atoms with Gasteiger partial charge in [0.25, 0.3) is 0 Å². The molecule has 0 saturated heterocycles. The van der Waals surface area contributed by atoms with Crippen molar-refractivity contribution in [2.75, 3.05) is 33.0 Å². The summed E-state index contributed by atoms with van der Waals surface area (Å²) in [7, 11) is -11.4. The molecule has 0 aliphatic heterocycles. The average Bonchev–Trinajstić information content (AvgIpc) is 2.65. The Morgan fingerprint density at radius 3 is 1.46 bits per heavy atom. The Kier molecular flexibility index (Phi) is 17.1. The molecular formula is C22H56O10Si5. The molecule has 0 aromatic carbocycles. The number of rotatable bonds is 22. The van der Waals surface area contributed by atoms with Crippen molar-refractivity contribution < 1.29 is 46.3 Å². The summed E-state index contributed by atoms with van der Waals surface area (Å²) >= 11 is 0. The summed E-state index contributed by atoms with van der Waals surface area (Å²) in [5, 5.41) is 27.4. The quantitative estimate of drug-likeness (QED) is 0.0707. The molecule has 2 unspecified atom stereocenters. The van der Waals surface area contributed by atoms with Crippen LogP contribution in [0, 0.1) is 0 Å². The van der Waals surface area contributed by atoms with Crippen molar-refractivity contribution in [3.63, 3.8) is 0 Å². The number of aliphatic hydroxyl groups excluding tert-OH is 3. The maximum Gasteiger partial charge on any atom is 0.314 e. The lowest BCUT2D eigenvalue weighted by molar-refractivity contribution is -0.303. The minimum absolute atomic E-state index is 0.146. The van der Waals surface area contributed by atoms with Gasteiger partial charge in [-0.15, -0.1) is 0 Å². The molecule has 0 spiro atoms. The molecule has 224 valence electrons. The molecule has 2 atom stereocenters. The fraction of sp³-hybridized carbons (Fsp3) is 1.00. The van der Waals surface area contributed by atoms with Crippen molar-refractivity contribution in [1.29, 1.82) is 0 Å². The van der Waals surface area contributed by atoms with Gasteiger partial charge in [0.2, 0.25) is 0 Å². The number of hydrogen-bond acceptors (Lipinski definition) is 10. The van der Waals surface area contributed by atoms with E-state index in [-0.39, 0.29) is 19.8 Å². The lowest BCUT2D eigenvalue weighted by Gasteiger charge is -2.42. The van der Waals surface area contributed by atoms with E-state index in [1.807, 2.05) is 0 Å². The van der Waals surface area contributed by atoms with Gasteiger partial charge in [-0.25, -0.2) is 9.78 Å². The summed E-state index contributed by atoms with van der Waals surface area (Å²) in [6.07, 6.45) is 0.289. The van der Waals surface area contributed by atoms with Crippen LogP contribution in [-0.2, 0) is 31.0 Å². The monoisotopic (exact) mass is 620 g/mol. The molecule has 0 amide bonds. The van der Waals surface area contributed by atoms with E-state index < -0.39 is 54.5 Å². The highest BCUT2D eigenvalue weighted by molar-refractivity contribution is 6.90. The second kappa shape index (κ2) is 16.8. The predicted molar refractivity (Wildman–Crippen MR) is 158 cm³/mol. The summed E-state index contributed by atoms with van der Waals surface area (Å²) in [4.78, 5) is 10.1. The Labute approximate surface area is 230 Å². The van der Waals surface area contributed by atoms with E-state index >= 15 is 0 Å². The third kappa shape index (κ3) is 21.1. The van der Waals surface area contributed by atoms with Gasteiger partial charge >= 0.3 is 25.7 Å². The van der Waals surface area contributed by atoms with E-state index in [9.17, 15) is 10.2 Å². The van der Waals surface area contributed by atoms with Crippen molar-refractivity contribution in [2.45, 2.75) is 110 Å². The Bertz CT molecular complexity index is 621. The normalized spacial score (nSPS) is 15.7. The van der Waals surface area contributed by atoms with Gasteiger partial charge in [-0.05, 0) is 97.3 Å². The Balaban J connectivity index is 4.68. The summed E-state index contributed by atoms with van der Waals surface area (Å²) in [5.41, 5.74) is 0. The third-order valence-electron chi connectivity index (χ3n) is 5.01. The largest absolute Gasteiger partial charge is 0.436 e. The molecule has 3 N–H and O–H groups in total. The molecule has 10 nitrogen and oxygen atoms in total. The summed E-state index contributed by atoms with van der Waals surface area (Å²) in [6.45, 7) is 23.9. The second-order valence-corrected chi connectivity index (χ2v) is 31.9. The Morgan fingerprint density at radius 1 is 0.595 bits per heavy atom. The minimum atomic E-state index is -2.52. The highest BCUT2D eigenvalue weighted by atomic mass is 28.5. The van der Waals surface area contributed by atoms with Gasteiger partial charge in [-0.3, -0.25) is 0 Å². The molecule has 0 saturated carbocycles. The average molecular weight is 621 g/mol. The van der Waals surface area contributed by atoms with E-state index in [0.717, 1.165) is 24.9 Å². The number of ether oxygens (including phenoxy) is 1. The van der Waals surface area contributed by atoms with Crippen LogP contribution in [0.5, 0.6) is 0 Å². The second-order valence-electron chi connectivity index (χ2n) is 12.2. The maximum atomic E-state index is 9.37. The molecule has 0 aliphatic carbocycles. The van der Waals surface area contributed by atoms with Gasteiger partial charge in [0.1, 0.15) is 12.7 Å². The number of aliphatic hydroxyl groups is 3. The Morgan fingerprint density at radius 2 is 1.03 bits per heavy atom. The van der Waals surface area contributed by atoms with Gasteiger partial charge in [0.05, 0.1) is 25.9 Å². The molecule has 37 heavy (non-hydrogen) atoms. The van der Waals surface area contributed by atoms with Crippen LogP contribution >= 0.6 is 0 Å². The Hall–Kier alpha value is 0.684. The smallest absolute Gasteiger partial charge is 0.314 e. The van der Waals surface area contributed by atoms with Gasteiger partial charge in [0.15, 0.2) is 16.6 Å². The van der Waals surface area contributed by atoms with Crippen LogP contribution in [0.4, 0.5) is 0 Å². The highest BCUT2D eigenvalue weighted by Crippen LogP contribution is 2.28. The first-order chi connectivity index (χ1) is 16.7. The first-order valence-corrected chi connectivity index (χ1v) is 28.0. The fourth-order valence-electron chi connectivity index (χ4n) is 4.31. The SMILES string of the molecule is CC(O)COOCCC[Si](C)(C)O[Si](C)(C)O[Si](C)(C)O[Si](C)(C)O[Si](C)(C)CCCOCC(O)CO. The summed E-state index contributed by atoms with van der Waals surface area (Å²) in [5.74, 6) is 0. The zero-order valence-corrected chi connectivity index (χ0v) is 30.2. The lowest BCUT2D eigenvalue weighted by Crippen LogP contribution is -2.58. The van der Waals surface area contributed by atoms with E-state index in [1.54, 1.807) is 6.92 Å². The van der Waals surface area contributed by atoms with E-state index in [4.69, 9.17) is 36.1 Å². The molecule has 0 rings (SSSR count). The van der Waals surface area contributed by atoms with Gasteiger partial charge in [-0.1, -0.05) is 0 Å². The van der Waals surface area contributed by atoms with Gasteiger partial charge in [-0.2, -0.15) is 0 Å². The van der Waals surface area contributed by atoms with E-state index in [2.05, 4.69) is 65.5 Å². The molecule has 0 bridgehead atoms. The highest BCUT2D eigenvalue weighted by Gasteiger charge is 2.45. The first kappa shape index (κ1) is 37.7. The van der Waals surface area contributed by atoms with Crippen LogP contribution < -0.4 is 0 Å². The lowest BCUT2D eigenvalue weighted by atomic mass is 10.4. The van der Waals surface area contributed by atoms with Crippen LogP contribution in [0.1, 0.15) is 19.8 Å². The molecule has 15 heteroatoms. The fourth-order valence-corrected chi connectivity index (χ4v) is 28.9. The topological polar surface area (TPSA) is 125 Å². The van der Waals surface area contributed by atoms with Crippen molar-refractivity contribution in [2.24, 2.45) is 0 Å². The van der Waals surface area contributed by atoms with Crippen LogP contribution in [0.15, 0.2) is 0 Å². The summed E-state index contributed by atoms with van der Waals surface area (Å²) < 4.78 is 31.9. The molecule has 0 aromatic heterocycles. The number of hydrogen-bond donors (Lipinski definition) is 3. The molecule has 0 heterocycles. The van der Waals surface area contributed by atoms with Crippen molar-refractivity contribution in [3.05, 3.63) is 0 Å². The zero-order chi connectivity index (χ0) is 29.0. The van der Waals surface area contributed by atoms with E-state index in [0.29, 0.717) is 13.2 Å². The van der Waals surface area contributed by atoms with Crippen LogP contribution in [0.25, 0.3) is 0 Å². The van der Waals surface area contributed by atoms with Crippen molar-refractivity contribution in [3.8, 4) is 0 Å². The van der Waals surface area contributed by atoms with E-state index in [1.165, 1.54) is 0 Å². The van der Waals surface area contributed by atoms with Crippen LogP contribution in [0.3, 0.4) is 0 Å². The molecule has 0 fully saturated rings. The van der Waals surface area contributed by atoms with Crippen molar-refractivity contribution >= 4 is 42.3 Å². The zero-order valence-electron chi connectivity index (χ0n) is 25.2. The van der Waals surface area contributed by atoms with Crippen LogP contribution in [0.2, 0.25) is 77.6 Å². The minimum Gasteiger partial charge on any atom is -0.436 e. The maximum absolute atomic E-state index is 9.37.